The lowest BCUT2D eigenvalue weighted by molar-refractivity contribution is 0.128. The van der Waals surface area contributed by atoms with E-state index in [2.05, 4.69) is 23.9 Å². The molecule has 1 aliphatic heterocycles. The largest absolute Gasteiger partial charge is 0.384 e. The van der Waals surface area contributed by atoms with Crippen LogP contribution in [0.15, 0.2) is 18.2 Å². The van der Waals surface area contributed by atoms with Crippen LogP contribution < -0.4 is 5.73 Å². The second-order valence-electron chi connectivity index (χ2n) is 5.71. The van der Waals surface area contributed by atoms with Crippen molar-refractivity contribution in [1.82, 2.24) is 9.80 Å². The lowest BCUT2D eigenvalue weighted by atomic mass is 10.0. The Morgan fingerprint density at radius 3 is 2.90 bits per heavy atom. The van der Waals surface area contributed by atoms with E-state index in [0.29, 0.717) is 11.6 Å². The van der Waals surface area contributed by atoms with E-state index < -0.39 is 0 Å². The highest BCUT2D eigenvalue weighted by atomic mass is 19.1. The number of likely N-dealkylation sites (N-methyl/N-ethyl adjacent to an activating group) is 1. The predicted molar refractivity (Wildman–Crippen MR) is 79.4 cm³/mol. The standard InChI is InChI=1S/C15H23FN4/c1-19(2)13-4-3-7-20(10-13)9-11-5-6-12(16)8-14(11)15(17)18/h5-6,8,13H,3-4,7,9-10H2,1-2H3,(H3,17,18). The smallest absolute Gasteiger partial charge is 0.123 e. The van der Waals surface area contributed by atoms with Crippen molar-refractivity contribution < 1.29 is 4.39 Å². The molecule has 0 aliphatic carbocycles. The monoisotopic (exact) mass is 278 g/mol. The second-order valence-corrected chi connectivity index (χ2v) is 5.71. The molecule has 1 aromatic rings. The molecule has 2 rings (SSSR count). The highest BCUT2D eigenvalue weighted by molar-refractivity contribution is 5.96. The molecular weight excluding hydrogens is 255 g/mol. The van der Waals surface area contributed by atoms with Crippen LogP contribution >= 0.6 is 0 Å². The molecule has 1 heterocycles. The van der Waals surface area contributed by atoms with Crippen molar-refractivity contribution in [3.8, 4) is 0 Å². The molecule has 0 spiro atoms. The Bertz CT molecular complexity index is 487. The fourth-order valence-corrected chi connectivity index (χ4v) is 2.77. The van der Waals surface area contributed by atoms with Crippen molar-refractivity contribution >= 4 is 5.84 Å². The van der Waals surface area contributed by atoms with Gasteiger partial charge in [0.25, 0.3) is 0 Å². The molecule has 1 aliphatic rings. The third-order valence-corrected chi connectivity index (χ3v) is 3.97. The quantitative estimate of drug-likeness (QED) is 0.650. The summed E-state index contributed by atoms with van der Waals surface area (Å²) in [5, 5.41) is 7.58. The normalized spacial score (nSPS) is 20.3. The van der Waals surface area contributed by atoms with E-state index in [1.165, 1.54) is 25.0 Å². The summed E-state index contributed by atoms with van der Waals surface area (Å²) in [6.45, 7) is 2.76. The summed E-state index contributed by atoms with van der Waals surface area (Å²) in [5.74, 6) is -0.413. The van der Waals surface area contributed by atoms with Crippen molar-refractivity contribution in [1.29, 1.82) is 5.41 Å². The molecule has 0 bridgehead atoms. The number of hydrogen-bond acceptors (Lipinski definition) is 3. The van der Waals surface area contributed by atoms with Crippen LogP contribution in [-0.4, -0.2) is 48.9 Å². The number of likely N-dealkylation sites (tertiary alicyclic amines) is 1. The minimum atomic E-state index is -0.344. The van der Waals surface area contributed by atoms with Gasteiger partial charge in [-0.05, 0) is 51.2 Å². The summed E-state index contributed by atoms with van der Waals surface area (Å²) in [6, 6.07) is 5.09. The first kappa shape index (κ1) is 14.9. The van der Waals surface area contributed by atoms with Crippen molar-refractivity contribution in [2.24, 2.45) is 5.73 Å². The zero-order chi connectivity index (χ0) is 14.7. The number of nitrogens with one attached hydrogen (secondary N) is 1. The number of hydrogen-bond donors (Lipinski definition) is 2. The van der Waals surface area contributed by atoms with Gasteiger partial charge in [0.15, 0.2) is 0 Å². The van der Waals surface area contributed by atoms with Gasteiger partial charge in [0.1, 0.15) is 11.7 Å². The van der Waals surface area contributed by atoms with Gasteiger partial charge >= 0.3 is 0 Å². The average molecular weight is 278 g/mol. The highest BCUT2D eigenvalue weighted by Crippen LogP contribution is 2.19. The van der Waals surface area contributed by atoms with Crippen molar-refractivity contribution in [3.63, 3.8) is 0 Å². The molecule has 1 unspecified atom stereocenters. The number of nitrogens with zero attached hydrogens (tertiary/aromatic N) is 2. The van der Waals surface area contributed by atoms with Gasteiger partial charge < -0.3 is 10.6 Å². The molecule has 1 aromatic carbocycles. The summed E-state index contributed by atoms with van der Waals surface area (Å²) in [7, 11) is 4.21. The van der Waals surface area contributed by atoms with Gasteiger partial charge in [0.05, 0.1) is 0 Å². The molecule has 4 nitrogen and oxygen atoms in total. The molecule has 3 N–H and O–H groups in total. The molecule has 1 saturated heterocycles. The molecule has 1 atom stereocenters. The van der Waals surface area contributed by atoms with Crippen LogP contribution in [0, 0.1) is 11.2 Å². The van der Waals surface area contributed by atoms with Gasteiger partial charge in [-0.25, -0.2) is 4.39 Å². The molecule has 0 amide bonds. The number of nitrogen functional groups attached to an aromatic ring is 1. The van der Waals surface area contributed by atoms with Gasteiger partial charge in [-0.3, -0.25) is 10.3 Å². The molecule has 110 valence electrons. The van der Waals surface area contributed by atoms with Gasteiger partial charge in [-0.15, -0.1) is 0 Å². The van der Waals surface area contributed by atoms with Crippen LogP contribution in [0.3, 0.4) is 0 Å². The van der Waals surface area contributed by atoms with Crippen molar-refractivity contribution in [2.45, 2.75) is 25.4 Å². The third kappa shape index (κ3) is 3.55. The van der Waals surface area contributed by atoms with Crippen LogP contribution in [0.1, 0.15) is 24.0 Å². The molecule has 1 fully saturated rings. The number of benzene rings is 1. The number of amidine groups is 1. The zero-order valence-electron chi connectivity index (χ0n) is 12.2. The molecule has 0 aromatic heterocycles. The number of rotatable bonds is 4. The van der Waals surface area contributed by atoms with Crippen LogP contribution in [0.25, 0.3) is 0 Å². The lowest BCUT2D eigenvalue weighted by Gasteiger charge is -2.36. The van der Waals surface area contributed by atoms with E-state index in [-0.39, 0.29) is 11.7 Å². The van der Waals surface area contributed by atoms with Gasteiger partial charge in [0.2, 0.25) is 0 Å². The second kappa shape index (κ2) is 6.33. The third-order valence-electron chi connectivity index (χ3n) is 3.97. The Hall–Kier alpha value is -1.46. The van der Waals surface area contributed by atoms with E-state index in [0.717, 1.165) is 25.2 Å². The minimum Gasteiger partial charge on any atom is -0.384 e. The zero-order valence-corrected chi connectivity index (χ0v) is 12.2. The number of piperidine rings is 1. The maximum Gasteiger partial charge on any atom is 0.123 e. The molecule has 20 heavy (non-hydrogen) atoms. The van der Waals surface area contributed by atoms with Gasteiger partial charge in [-0.1, -0.05) is 6.07 Å². The fourth-order valence-electron chi connectivity index (χ4n) is 2.77. The topological polar surface area (TPSA) is 56.4 Å². The fraction of sp³-hybridized carbons (Fsp3) is 0.533. The first-order valence-corrected chi connectivity index (χ1v) is 6.99. The first-order chi connectivity index (χ1) is 9.47. The van der Waals surface area contributed by atoms with E-state index in [9.17, 15) is 4.39 Å². The summed E-state index contributed by atoms with van der Waals surface area (Å²) in [5.41, 5.74) is 6.99. The van der Waals surface area contributed by atoms with Crippen LogP contribution in [0.4, 0.5) is 4.39 Å². The van der Waals surface area contributed by atoms with E-state index in [4.69, 9.17) is 11.1 Å². The van der Waals surface area contributed by atoms with Crippen LogP contribution in [0.5, 0.6) is 0 Å². The molecular formula is C15H23FN4. The van der Waals surface area contributed by atoms with Crippen LogP contribution in [0.2, 0.25) is 0 Å². The summed E-state index contributed by atoms with van der Waals surface area (Å²) in [4.78, 5) is 4.61. The van der Waals surface area contributed by atoms with Crippen LogP contribution in [-0.2, 0) is 6.54 Å². The minimum absolute atomic E-state index is 0.0688. The Morgan fingerprint density at radius 1 is 1.50 bits per heavy atom. The number of halogens is 1. The molecule has 5 heteroatoms. The molecule has 0 radical (unpaired) electrons. The van der Waals surface area contributed by atoms with E-state index >= 15 is 0 Å². The molecule has 0 saturated carbocycles. The lowest BCUT2D eigenvalue weighted by Crippen LogP contribution is -2.44. The Labute approximate surface area is 119 Å². The first-order valence-electron chi connectivity index (χ1n) is 6.99. The Kier molecular flexibility index (Phi) is 4.73. The van der Waals surface area contributed by atoms with Crippen molar-refractivity contribution in [2.75, 3.05) is 27.2 Å². The number of nitrogens with two attached hydrogens (primary N) is 1. The highest BCUT2D eigenvalue weighted by Gasteiger charge is 2.22. The maximum atomic E-state index is 13.3. The average Bonchev–Trinajstić information content (AvgIpc) is 2.41. The Morgan fingerprint density at radius 2 is 2.25 bits per heavy atom. The van der Waals surface area contributed by atoms with Gasteiger partial charge in [-0.2, -0.15) is 0 Å². The van der Waals surface area contributed by atoms with E-state index in [1.807, 2.05) is 0 Å². The van der Waals surface area contributed by atoms with Crippen molar-refractivity contribution in [3.05, 3.63) is 35.1 Å². The maximum absolute atomic E-state index is 13.3. The summed E-state index contributed by atoms with van der Waals surface area (Å²) in [6.07, 6.45) is 2.38. The Balaban J connectivity index is 2.11. The SMILES string of the molecule is CN(C)C1CCCN(Cc2ccc(F)cc2C(=N)N)C1. The summed E-state index contributed by atoms with van der Waals surface area (Å²) >= 11 is 0. The predicted octanol–water partition coefficient (Wildman–Crippen LogP) is 1.64. The van der Waals surface area contributed by atoms with E-state index in [1.54, 1.807) is 6.07 Å². The van der Waals surface area contributed by atoms with Gasteiger partial charge in [0, 0.05) is 24.7 Å². The summed E-state index contributed by atoms with van der Waals surface area (Å²) < 4.78 is 13.3.